The number of fused-ring (bicyclic) bond motifs is 3. The number of thiophene rings is 1. The van der Waals surface area contributed by atoms with Gasteiger partial charge in [0.1, 0.15) is 4.83 Å². The van der Waals surface area contributed by atoms with Crippen LogP contribution < -0.4 is 16.4 Å². The summed E-state index contributed by atoms with van der Waals surface area (Å²) in [4.78, 5) is 42.6. The fraction of sp³-hybridized carbons (Fsp3) is 0.529. The Bertz CT molecular complexity index is 922. The highest BCUT2D eigenvalue weighted by atomic mass is 32.2. The number of ether oxygens (including phenoxy) is 1. The summed E-state index contributed by atoms with van der Waals surface area (Å²) in [6.07, 6.45) is 3.69. The largest absolute Gasteiger partial charge is 0.385 e. The lowest BCUT2D eigenvalue weighted by Gasteiger charge is -2.12. The Morgan fingerprint density at radius 1 is 1.33 bits per heavy atom. The van der Waals surface area contributed by atoms with E-state index in [9.17, 15) is 14.4 Å². The van der Waals surface area contributed by atoms with Crippen molar-refractivity contribution in [2.75, 3.05) is 19.5 Å². The van der Waals surface area contributed by atoms with Crippen LogP contribution in [0.5, 0.6) is 0 Å². The van der Waals surface area contributed by atoms with Crippen LogP contribution >= 0.6 is 23.1 Å². The van der Waals surface area contributed by atoms with Crippen molar-refractivity contribution in [3.63, 3.8) is 0 Å². The van der Waals surface area contributed by atoms with Crippen LogP contribution in [0, 0.1) is 0 Å². The van der Waals surface area contributed by atoms with E-state index in [4.69, 9.17) is 4.74 Å². The molecule has 0 spiro atoms. The number of aromatic nitrogens is 2. The molecule has 2 amide bonds. The normalized spacial score (nSPS) is 13.0. The lowest BCUT2D eigenvalue weighted by Crippen LogP contribution is -2.41. The predicted octanol–water partition coefficient (Wildman–Crippen LogP) is 1.24. The highest BCUT2D eigenvalue weighted by molar-refractivity contribution is 7.99. The summed E-state index contributed by atoms with van der Waals surface area (Å²) < 4.78 is 6.74. The molecule has 0 aromatic carbocycles. The molecular formula is C17H22N4O4S2. The Morgan fingerprint density at radius 2 is 2.15 bits per heavy atom. The third-order valence-electron chi connectivity index (χ3n) is 4.23. The molecule has 2 N–H and O–H groups in total. The molecule has 146 valence electrons. The summed E-state index contributed by atoms with van der Waals surface area (Å²) in [6, 6.07) is 0. The maximum absolute atomic E-state index is 13.1. The van der Waals surface area contributed by atoms with Crippen molar-refractivity contribution in [2.24, 2.45) is 0 Å². The molecular weight excluding hydrogens is 388 g/mol. The fourth-order valence-electron chi connectivity index (χ4n) is 3.06. The van der Waals surface area contributed by atoms with Gasteiger partial charge in [-0.2, -0.15) is 0 Å². The lowest BCUT2D eigenvalue weighted by atomic mass is 10.2. The summed E-state index contributed by atoms with van der Waals surface area (Å²) in [5.74, 6) is -0.660. The number of methoxy groups -OCH3 is 1. The average molecular weight is 411 g/mol. The minimum absolute atomic E-state index is 0.0414. The molecule has 0 saturated carbocycles. The van der Waals surface area contributed by atoms with E-state index < -0.39 is 0 Å². The number of hydrazine groups is 1. The third kappa shape index (κ3) is 4.50. The van der Waals surface area contributed by atoms with Crippen molar-refractivity contribution >= 4 is 45.1 Å². The highest BCUT2D eigenvalue weighted by Crippen LogP contribution is 2.35. The van der Waals surface area contributed by atoms with Crippen LogP contribution in [-0.2, 0) is 33.7 Å². The maximum Gasteiger partial charge on any atom is 0.263 e. The van der Waals surface area contributed by atoms with E-state index >= 15 is 0 Å². The number of amides is 2. The molecule has 0 fully saturated rings. The molecule has 0 bridgehead atoms. The van der Waals surface area contributed by atoms with E-state index in [1.807, 2.05) is 0 Å². The first-order valence-electron chi connectivity index (χ1n) is 8.73. The van der Waals surface area contributed by atoms with Gasteiger partial charge in [0.05, 0.1) is 11.1 Å². The van der Waals surface area contributed by atoms with Crippen molar-refractivity contribution < 1.29 is 14.3 Å². The van der Waals surface area contributed by atoms with Gasteiger partial charge in [-0.05, 0) is 31.2 Å². The van der Waals surface area contributed by atoms with Crippen LogP contribution in [0.25, 0.3) is 10.2 Å². The third-order valence-corrected chi connectivity index (χ3v) is 6.39. The average Bonchev–Trinajstić information content (AvgIpc) is 3.21. The summed E-state index contributed by atoms with van der Waals surface area (Å²) in [5.41, 5.74) is 5.67. The first-order valence-corrected chi connectivity index (χ1v) is 10.5. The zero-order chi connectivity index (χ0) is 19.4. The smallest absolute Gasteiger partial charge is 0.263 e. The number of aryl methyl sites for hydroxylation is 2. The Labute approximate surface area is 164 Å². The van der Waals surface area contributed by atoms with Gasteiger partial charge in [-0.1, -0.05) is 11.8 Å². The SMILES string of the molecule is COCCCn1c(SCC(=O)NNC(C)=O)nc2sc3c(c2c1=O)CCC3. The summed E-state index contributed by atoms with van der Waals surface area (Å²) in [5, 5.41) is 1.25. The van der Waals surface area contributed by atoms with Gasteiger partial charge in [-0.3, -0.25) is 29.8 Å². The fourth-order valence-corrected chi connectivity index (χ4v) is 5.18. The van der Waals surface area contributed by atoms with Crippen molar-refractivity contribution in [1.82, 2.24) is 20.4 Å². The quantitative estimate of drug-likeness (QED) is 0.308. The predicted molar refractivity (Wildman–Crippen MR) is 105 cm³/mol. The zero-order valence-corrected chi connectivity index (χ0v) is 16.9. The molecule has 10 heteroatoms. The minimum Gasteiger partial charge on any atom is -0.385 e. The van der Waals surface area contributed by atoms with Crippen molar-refractivity contribution in [1.29, 1.82) is 0 Å². The second kappa shape index (κ2) is 8.85. The van der Waals surface area contributed by atoms with Gasteiger partial charge in [0.2, 0.25) is 11.8 Å². The van der Waals surface area contributed by atoms with E-state index in [1.54, 1.807) is 23.0 Å². The molecule has 27 heavy (non-hydrogen) atoms. The molecule has 0 unspecified atom stereocenters. The van der Waals surface area contributed by atoms with E-state index in [0.29, 0.717) is 24.7 Å². The van der Waals surface area contributed by atoms with Crippen LogP contribution in [0.15, 0.2) is 9.95 Å². The number of hydrogen-bond acceptors (Lipinski definition) is 7. The number of rotatable bonds is 7. The van der Waals surface area contributed by atoms with Gasteiger partial charge in [-0.15, -0.1) is 11.3 Å². The zero-order valence-electron chi connectivity index (χ0n) is 15.3. The van der Waals surface area contributed by atoms with Crippen molar-refractivity contribution in [2.45, 2.75) is 44.3 Å². The number of hydrogen-bond donors (Lipinski definition) is 2. The van der Waals surface area contributed by atoms with Gasteiger partial charge in [0.25, 0.3) is 5.56 Å². The van der Waals surface area contributed by atoms with Gasteiger partial charge >= 0.3 is 0 Å². The molecule has 2 aromatic rings. The molecule has 8 nitrogen and oxygen atoms in total. The van der Waals surface area contributed by atoms with E-state index in [-0.39, 0.29) is 23.1 Å². The first kappa shape index (κ1) is 19.8. The highest BCUT2D eigenvalue weighted by Gasteiger charge is 2.23. The van der Waals surface area contributed by atoms with Gasteiger partial charge in [-0.25, -0.2) is 4.98 Å². The van der Waals surface area contributed by atoms with Gasteiger partial charge in [0, 0.05) is 32.1 Å². The maximum atomic E-state index is 13.1. The molecule has 3 rings (SSSR count). The van der Waals surface area contributed by atoms with E-state index in [0.717, 1.165) is 35.0 Å². The van der Waals surface area contributed by atoms with E-state index in [1.165, 1.54) is 23.6 Å². The Morgan fingerprint density at radius 3 is 2.89 bits per heavy atom. The second-order valence-corrected chi connectivity index (χ2v) is 8.28. The number of carbonyl (C=O) groups excluding carboxylic acids is 2. The van der Waals surface area contributed by atoms with Gasteiger partial charge in [0.15, 0.2) is 5.16 Å². The minimum atomic E-state index is -0.360. The Hall–Kier alpha value is -1.91. The first-order chi connectivity index (χ1) is 13.0. The molecule has 0 saturated heterocycles. The Balaban J connectivity index is 1.87. The summed E-state index contributed by atoms with van der Waals surface area (Å²) in [6.45, 7) is 2.33. The molecule has 2 heterocycles. The molecule has 2 aromatic heterocycles. The van der Waals surface area contributed by atoms with Gasteiger partial charge < -0.3 is 4.74 Å². The number of thioether (sulfide) groups is 1. The molecule has 0 atom stereocenters. The van der Waals surface area contributed by atoms with Crippen LogP contribution in [0.2, 0.25) is 0 Å². The summed E-state index contributed by atoms with van der Waals surface area (Å²) in [7, 11) is 1.62. The topological polar surface area (TPSA) is 102 Å². The number of nitrogens with one attached hydrogen (secondary N) is 2. The monoisotopic (exact) mass is 410 g/mol. The summed E-state index contributed by atoms with van der Waals surface area (Å²) >= 11 is 2.77. The van der Waals surface area contributed by atoms with Crippen LogP contribution in [-0.4, -0.2) is 40.8 Å². The van der Waals surface area contributed by atoms with Crippen molar-refractivity contribution in [3.8, 4) is 0 Å². The molecule has 1 aliphatic rings. The lowest BCUT2D eigenvalue weighted by molar-refractivity contribution is -0.126. The number of carbonyl (C=O) groups is 2. The standard InChI is InChI=1S/C17H22N4O4S2/c1-10(22)19-20-13(23)9-26-17-18-15-14(11-5-3-6-12(11)27-15)16(24)21(17)7-4-8-25-2/h3-9H2,1-2H3,(H,19,22)(H,20,23). The second-order valence-electron chi connectivity index (χ2n) is 6.25. The van der Waals surface area contributed by atoms with Crippen LogP contribution in [0.1, 0.15) is 30.2 Å². The molecule has 0 radical (unpaired) electrons. The van der Waals surface area contributed by atoms with Crippen molar-refractivity contribution in [3.05, 3.63) is 20.8 Å². The van der Waals surface area contributed by atoms with Crippen LogP contribution in [0.4, 0.5) is 0 Å². The Kier molecular flexibility index (Phi) is 6.51. The molecule has 1 aliphatic carbocycles. The van der Waals surface area contributed by atoms with Crippen LogP contribution in [0.3, 0.4) is 0 Å². The molecule has 0 aliphatic heterocycles. The van der Waals surface area contributed by atoms with E-state index in [2.05, 4.69) is 15.8 Å². The number of nitrogens with zero attached hydrogens (tertiary/aromatic N) is 2.